The topological polar surface area (TPSA) is 35.0 Å². The summed E-state index contributed by atoms with van der Waals surface area (Å²) < 4.78 is 18.3. The van der Waals surface area contributed by atoms with E-state index in [1.54, 1.807) is 12.1 Å². The van der Waals surface area contributed by atoms with Crippen LogP contribution >= 0.6 is 23.2 Å². The van der Waals surface area contributed by atoms with Gasteiger partial charge < -0.3 is 4.74 Å². The highest BCUT2D eigenvalue weighted by Gasteiger charge is 2.23. The molecule has 0 radical (unpaired) electrons. The van der Waals surface area contributed by atoms with Crippen molar-refractivity contribution in [1.82, 2.24) is 9.97 Å². The molecule has 6 heteroatoms. The minimum atomic E-state index is -0.318. The van der Waals surface area contributed by atoms with Crippen LogP contribution in [0.1, 0.15) is 18.2 Å². The van der Waals surface area contributed by atoms with E-state index in [2.05, 4.69) is 9.97 Å². The van der Waals surface area contributed by atoms with E-state index in [4.69, 9.17) is 27.9 Å². The largest absolute Gasteiger partial charge is 0.381 e. The number of rotatable bonds is 2. The van der Waals surface area contributed by atoms with Gasteiger partial charge in [-0.3, -0.25) is 0 Å². The van der Waals surface area contributed by atoms with Crippen molar-refractivity contribution in [3.8, 4) is 11.1 Å². The Kier molecular flexibility index (Phi) is 3.87. The van der Waals surface area contributed by atoms with Crippen molar-refractivity contribution in [1.29, 1.82) is 0 Å². The molecule has 104 valence electrons. The van der Waals surface area contributed by atoms with E-state index in [-0.39, 0.29) is 22.0 Å². The molecule has 0 aliphatic carbocycles. The molecule has 0 spiro atoms. The van der Waals surface area contributed by atoms with Crippen molar-refractivity contribution < 1.29 is 9.13 Å². The van der Waals surface area contributed by atoms with Gasteiger partial charge in [-0.15, -0.1) is 0 Å². The maximum Gasteiger partial charge on any atom is 0.142 e. The van der Waals surface area contributed by atoms with Crippen LogP contribution in [-0.4, -0.2) is 23.2 Å². The maximum absolute atomic E-state index is 13.0. The molecule has 2 aromatic rings. The molecule has 1 aliphatic rings. The smallest absolute Gasteiger partial charge is 0.142 e. The second-order valence-corrected chi connectivity index (χ2v) is 5.32. The predicted molar refractivity (Wildman–Crippen MR) is 75.6 cm³/mol. The maximum atomic E-state index is 13.0. The van der Waals surface area contributed by atoms with Gasteiger partial charge >= 0.3 is 0 Å². The molecular formula is C14H11Cl2FN2O. The molecule has 0 saturated carbocycles. The molecule has 1 aliphatic heterocycles. The SMILES string of the molecule is Fc1ccc(-c2c(Cl)nc(C3CCOC3)nc2Cl)cc1. The molecule has 0 N–H and O–H groups in total. The first kappa shape index (κ1) is 13.7. The van der Waals surface area contributed by atoms with E-state index in [0.29, 0.717) is 30.2 Å². The van der Waals surface area contributed by atoms with E-state index < -0.39 is 0 Å². The Morgan fingerprint density at radius 3 is 2.30 bits per heavy atom. The highest BCUT2D eigenvalue weighted by atomic mass is 35.5. The first-order valence-corrected chi connectivity index (χ1v) is 6.97. The Bertz CT molecular complexity index is 605. The summed E-state index contributed by atoms with van der Waals surface area (Å²) in [7, 11) is 0. The fourth-order valence-corrected chi connectivity index (χ4v) is 2.82. The lowest BCUT2D eigenvalue weighted by molar-refractivity contribution is 0.193. The highest BCUT2D eigenvalue weighted by molar-refractivity contribution is 6.37. The molecule has 1 aromatic heterocycles. The van der Waals surface area contributed by atoms with E-state index >= 15 is 0 Å². The Morgan fingerprint density at radius 2 is 1.75 bits per heavy atom. The number of benzene rings is 1. The van der Waals surface area contributed by atoms with Gasteiger partial charge in [-0.05, 0) is 24.1 Å². The van der Waals surface area contributed by atoms with Gasteiger partial charge in [0, 0.05) is 12.5 Å². The van der Waals surface area contributed by atoms with Crippen LogP contribution in [0.2, 0.25) is 10.3 Å². The van der Waals surface area contributed by atoms with E-state index in [9.17, 15) is 4.39 Å². The first-order valence-electron chi connectivity index (χ1n) is 6.22. The lowest BCUT2D eigenvalue weighted by atomic mass is 10.1. The lowest BCUT2D eigenvalue weighted by Gasteiger charge is -2.11. The third-order valence-corrected chi connectivity index (χ3v) is 3.81. The Morgan fingerprint density at radius 1 is 1.10 bits per heavy atom. The number of nitrogens with zero attached hydrogens (tertiary/aromatic N) is 2. The van der Waals surface area contributed by atoms with Gasteiger partial charge in [0.25, 0.3) is 0 Å². The van der Waals surface area contributed by atoms with Crippen LogP contribution in [-0.2, 0) is 4.74 Å². The van der Waals surface area contributed by atoms with Crippen LogP contribution < -0.4 is 0 Å². The fourth-order valence-electron chi connectivity index (χ4n) is 2.20. The van der Waals surface area contributed by atoms with E-state index in [1.807, 2.05) is 0 Å². The molecule has 2 heterocycles. The number of hydrogen-bond donors (Lipinski definition) is 0. The molecule has 1 aromatic carbocycles. The van der Waals surface area contributed by atoms with Gasteiger partial charge in [-0.1, -0.05) is 35.3 Å². The van der Waals surface area contributed by atoms with Crippen molar-refractivity contribution in [2.45, 2.75) is 12.3 Å². The summed E-state index contributed by atoms with van der Waals surface area (Å²) >= 11 is 12.4. The third-order valence-electron chi connectivity index (χ3n) is 3.27. The third kappa shape index (κ3) is 2.64. The molecule has 1 saturated heterocycles. The van der Waals surface area contributed by atoms with Gasteiger partial charge in [-0.2, -0.15) is 0 Å². The van der Waals surface area contributed by atoms with E-state index in [0.717, 1.165) is 6.42 Å². The van der Waals surface area contributed by atoms with E-state index in [1.165, 1.54) is 12.1 Å². The number of halogens is 3. The molecule has 1 fully saturated rings. The average molecular weight is 313 g/mol. The van der Waals surface area contributed by atoms with Gasteiger partial charge in [0.2, 0.25) is 0 Å². The Labute approximate surface area is 125 Å². The normalized spacial score (nSPS) is 18.4. The van der Waals surface area contributed by atoms with Gasteiger partial charge in [0.15, 0.2) is 0 Å². The Hall–Kier alpha value is -1.23. The van der Waals surface area contributed by atoms with Crippen LogP contribution in [0, 0.1) is 5.82 Å². The second kappa shape index (κ2) is 5.64. The first-order chi connectivity index (χ1) is 9.65. The molecule has 0 bridgehead atoms. The molecule has 3 nitrogen and oxygen atoms in total. The van der Waals surface area contributed by atoms with Crippen LogP contribution in [0.15, 0.2) is 24.3 Å². The average Bonchev–Trinajstić information content (AvgIpc) is 2.94. The fraction of sp³-hybridized carbons (Fsp3) is 0.286. The summed E-state index contributed by atoms with van der Waals surface area (Å²) in [6.07, 6.45) is 0.864. The summed E-state index contributed by atoms with van der Waals surface area (Å²) in [5, 5.41) is 0.553. The number of hydrogen-bond acceptors (Lipinski definition) is 3. The monoisotopic (exact) mass is 312 g/mol. The highest BCUT2D eigenvalue weighted by Crippen LogP contribution is 2.34. The van der Waals surface area contributed by atoms with Gasteiger partial charge in [-0.25, -0.2) is 14.4 Å². The summed E-state index contributed by atoms with van der Waals surface area (Å²) in [4.78, 5) is 8.62. The molecule has 1 atom stereocenters. The summed E-state index contributed by atoms with van der Waals surface area (Å²) in [5.41, 5.74) is 1.21. The molecule has 3 rings (SSSR count). The zero-order chi connectivity index (χ0) is 14.1. The Balaban J connectivity index is 2.02. The molecule has 1 unspecified atom stereocenters. The quantitative estimate of drug-likeness (QED) is 0.783. The number of ether oxygens (including phenoxy) is 1. The summed E-state index contributed by atoms with van der Waals surface area (Å²) in [6, 6.07) is 5.90. The summed E-state index contributed by atoms with van der Waals surface area (Å²) in [6.45, 7) is 1.28. The van der Waals surface area contributed by atoms with Crippen LogP contribution in [0.4, 0.5) is 4.39 Å². The predicted octanol–water partition coefficient (Wildman–Crippen LogP) is 4.09. The van der Waals surface area contributed by atoms with Crippen molar-refractivity contribution in [3.05, 3.63) is 46.2 Å². The minimum absolute atomic E-state index is 0.132. The van der Waals surface area contributed by atoms with Crippen LogP contribution in [0.5, 0.6) is 0 Å². The second-order valence-electron chi connectivity index (χ2n) is 4.61. The van der Waals surface area contributed by atoms with Crippen LogP contribution in [0.3, 0.4) is 0 Å². The van der Waals surface area contributed by atoms with Crippen molar-refractivity contribution in [2.24, 2.45) is 0 Å². The van der Waals surface area contributed by atoms with Crippen LogP contribution in [0.25, 0.3) is 11.1 Å². The van der Waals surface area contributed by atoms with Gasteiger partial charge in [0.1, 0.15) is 21.9 Å². The summed E-state index contributed by atoms with van der Waals surface area (Å²) in [5.74, 6) is 0.414. The van der Waals surface area contributed by atoms with Gasteiger partial charge in [0.05, 0.1) is 12.2 Å². The molecular weight excluding hydrogens is 302 g/mol. The van der Waals surface area contributed by atoms with Crippen molar-refractivity contribution in [2.75, 3.05) is 13.2 Å². The lowest BCUT2D eigenvalue weighted by Crippen LogP contribution is -2.05. The van der Waals surface area contributed by atoms with Crippen molar-refractivity contribution in [3.63, 3.8) is 0 Å². The zero-order valence-electron chi connectivity index (χ0n) is 10.4. The number of aromatic nitrogens is 2. The van der Waals surface area contributed by atoms with Crippen molar-refractivity contribution >= 4 is 23.2 Å². The minimum Gasteiger partial charge on any atom is -0.381 e. The standard InChI is InChI=1S/C14H11Cl2FN2O/c15-12-11(8-1-3-10(17)4-2-8)13(16)19-14(18-12)9-5-6-20-7-9/h1-4,9H,5-7H2. The molecule has 20 heavy (non-hydrogen) atoms. The zero-order valence-corrected chi connectivity index (χ0v) is 12.0. The molecule has 0 amide bonds.